The second kappa shape index (κ2) is 13.7. The second-order valence-electron chi connectivity index (χ2n) is 12.6. The number of H-pyrrole nitrogens is 1. The lowest BCUT2D eigenvalue weighted by molar-refractivity contribution is -0.158. The third-order valence-electron chi connectivity index (χ3n) is 8.45. The number of esters is 1. The summed E-state index contributed by atoms with van der Waals surface area (Å²) in [6.45, 7) is 11.7. The van der Waals surface area contributed by atoms with Crippen molar-refractivity contribution >= 4 is 24.7 Å². The lowest BCUT2D eigenvalue weighted by atomic mass is 9.95. The lowest BCUT2D eigenvalue weighted by Crippen LogP contribution is -2.68. The number of nitrogens with zero attached hydrogens (tertiary/aromatic N) is 1. The molecule has 1 N–H and O–H groups in total. The van der Waals surface area contributed by atoms with Gasteiger partial charge < -0.3 is 18.6 Å². The normalized spacial score (nSPS) is 21.3. The molecular weight excluding hydrogens is 619 g/mol. The molecule has 1 aliphatic heterocycles. The van der Waals surface area contributed by atoms with Crippen LogP contribution in [-0.2, 0) is 30.0 Å². The van der Waals surface area contributed by atoms with E-state index in [1.54, 1.807) is 0 Å². The van der Waals surface area contributed by atoms with E-state index in [-0.39, 0.29) is 13.2 Å². The van der Waals surface area contributed by atoms with Crippen LogP contribution in [0, 0.1) is 5.82 Å². The second-order valence-corrected chi connectivity index (χ2v) is 16.9. The molecule has 0 aliphatic carbocycles. The molecule has 0 saturated carbocycles. The zero-order valence-electron chi connectivity index (χ0n) is 26.9. The molecule has 4 aromatic rings. The van der Waals surface area contributed by atoms with Gasteiger partial charge in [-0.2, -0.15) is 4.39 Å². The van der Waals surface area contributed by atoms with E-state index in [1.807, 2.05) is 71.7 Å². The van der Waals surface area contributed by atoms with Crippen LogP contribution in [0.4, 0.5) is 4.39 Å². The minimum atomic E-state index is -3.15. The standard InChI is InChI=1S/C36H39FN2O7Si/c1-6-36(24-44-47(35(3,4)5,27-18-12-8-13-19-27)28-20-14-9-15-21-28)31(43-23-26-16-10-7-11-17-26)30(45-25(2)40)33(46-36)39-22-29(37)32(41)38-34(39)42/h6-22,30-31,33H,1,23-24H2,2-5H3,(H,38,41,42)/t30-,31?,33-,36-/m1/s1. The number of hydrogen-bond acceptors (Lipinski definition) is 7. The van der Waals surface area contributed by atoms with Crippen LogP contribution < -0.4 is 21.6 Å². The fraction of sp³-hybridized carbons (Fsp3) is 0.306. The van der Waals surface area contributed by atoms with Crippen molar-refractivity contribution in [3.63, 3.8) is 0 Å². The number of ether oxygens (including phenoxy) is 3. The van der Waals surface area contributed by atoms with Crippen LogP contribution in [-0.4, -0.2) is 48.3 Å². The maximum Gasteiger partial charge on any atom is 0.330 e. The highest BCUT2D eigenvalue weighted by molar-refractivity contribution is 6.99. The molecule has 1 unspecified atom stereocenters. The van der Waals surface area contributed by atoms with Crippen LogP contribution in [0.3, 0.4) is 0 Å². The number of carbonyl (C=O) groups excluding carboxylic acids is 1. The first-order valence-electron chi connectivity index (χ1n) is 15.3. The van der Waals surface area contributed by atoms with Gasteiger partial charge in [0.15, 0.2) is 12.3 Å². The van der Waals surface area contributed by atoms with Gasteiger partial charge in [0.1, 0.15) is 11.7 Å². The largest absolute Gasteiger partial charge is 0.455 e. The number of nitrogens with one attached hydrogen (secondary N) is 1. The van der Waals surface area contributed by atoms with E-state index >= 15 is 0 Å². The Bertz CT molecular complexity index is 1770. The summed E-state index contributed by atoms with van der Waals surface area (Å²) in [6, 6.07) is 29.4. The minimum Gasteiger partial charge on any atom is -0.455 e. The van der Waals surface area contributed by atoms with Crippen molar-refractivity contribution < 1.29 is 27.8 Å². The molecule has 47 heavy (non-hydrogen) atoms. The molecule has 1 fully saturated rings. The number of aromatic nitrogens is 2. The van der Waals surface area contributed by atoms with Gasteiger partial charge >= 0.3 is 11.7 Å². The maximum absolute atomic E-state index is 14.6. The van der Waals surface area contributed by atoms with Gasteiger partial charge in [-0.25, -0.2) is 4.79 Å². The van der Waals surface area contributed by atoms with Crippen molar-refractivity contribution in [2.75, 3.05) is 6.61 Å². The van der Waals surface area contributed by atoms with Crippen LogP contribution in [0.25, 0.3) is 0 Å². The predicted octanol–water partition coefficient (Wildman–Crippen LogP) is 4.22. The molecule has 0 spiro atoms. The van der Waals surface area contributed by atoms with Crippen LogP contribution in [0.5, 0.6) is 0 Å². The monoisotopic (exact) mass is 658 g/mol. The number of aromatic amines is 1. The smallest absolute Gasteiger partial charge is 0.330 e. The Morgan fingerprint density at radius 1 is 1.00 bits per heavy atom. The van der Waals surface area contributed by atoms with E-state index in [0.29, 0.717) is 0 Å². The molecule has 3 aromatic carbocycles. The van der Waals surface area contributed by atoms with Gasteiger partial charge in [-0.3, -0.25) is 19.1 Å². The van der Waals surface area contributed by atoms with E-state index in [4.69, 9.17) is 18.6 Å². The first-order chi connectivity index (χ1) is 22.4. The zero-order valence-corrected chi connectivity index (χ0v) is 27.9. The highest BCUT2D eigenvalue weighted by atomic mass is 28.4. The maximum atomic E-state index is 14.6. The molecule has 5 rings (SSSR count). The lowest BCUT2D eigenvalue weighted by Gasteiger charge is -2.45. The molecule has 9 nitrogen and oxygen atoms in total. The molecule has 11 heteroatoms. The summed E-state index contributed by atoms with van der Waals surface area (Å²) in [5, 5.41) is 1.64. The molecule has 1 saturated heterocycles. The van der Waals surface area contributed by atoms with E-state index in [1.165, 1.54) is 13.0 Å². The minimum absolute atomic E-state index is 0.0863. The Balaban J connectivity index is 1.66. The molecule has 1 aliphatic rings. The van der Waals surface area contributed by atoms with Crippen molar-refractivity contribution in [3.05, 3.63) is 142 Å². The third-order valence-corrected chi connectivity index (χ3v) is 13.4. The van der Waals surface area contributed by atoms with Crippen LogP contribution in [0.2, 0.25) is 5.04 Å². The van der Waals surface area contributed by atoms with Gasteiger partial charge in [-0.15, -0.1) is 6.58 Å². The van der Waals surface area contributed by atoms with E-state index in [9.17, 15) is 18.8 Å². The molecule has 0 radical (unpaired) electrons. The average Bonchev–Trinajstić information content (AvgIpc) is 3.35. The van der Waals surface area contributed by atoms with Crippen LogP contribution >= 0.6 is 0 Å². The molecule has 0 bridgehead atoms. The Morgan fingerprint density at radius 2 is 1.55 bits per heavy atom. The van der Waals surface area contributed by atoms with Crippen molar-refractivity contribution in [3.8, 4) is 0 Å². The predicted molar refractivity (Wildman–Crippen MR) is 178 cm³/mol. The Kier molecular flexibility index (Phi) is 9.92. The zero-order chi connectivity index (χ0) is 33.8. The SMILES string of the molecule is C=C[C@]1(CO[Si](c2ccccc2)(c2ccccc2)C(C)(C)C)O[C@@H](n2cc(F)c(=O)[nH]c2=O)[C@H](OC(C)=O)C1OCc1ccccc1. The van der Waals surface area contributed by atoms with E-state index in [2.05, 4.69) is 51.6 Å². The van der Waals surface area contributed by atoms with Gasteiger partial charge in [0.05, 0.1) is 19.4 Å². The fourth-order valence-corrected chi connectivity index (χ4v) is 10.9. The first kappa shape index (κ1) is 33.9. The number of halogens is 1. The summed E-state index contributed by atoms with van der Waals surface area (Å²) < 4.78 is 41.6. The van der Waals surface area contributed by atoms with Gasteiger partial charge in [-0.1, -0.05) is 118 Å². The van der Waals surface area contributed by atoms with Crippen LogP contribution in [0.15, 0.2) is 119 Å². The summed E-state index contributed by atoms with van der Waals surface area (Å²) >= 11 is 0. The highest BCUT2D eigenvalue weighted by Gasteiger charge is 2.60. The van der Waals surface area contributed by atoms with E-state index in [0.717, 1.165) is 26.7 Å². The first-order valence-corrected chi connectivity index (χ1v) is 17.2. The Morgan fingerprint density at radius 3 is 2.06 bits per heavy atom. The molecule has 2 heterocycles. The number of rotatable bonds is 11. The Labute approximate surface area is 273 Å². The van der Waals surface area contributed by atoms with E-state index < -0.39 is 60.4 Å². The summed E-state index contributed by atoms with van der Waals surface area (Å²) in [5.41, 5.74) is -2.82. The quantitative estimate of drug-likeness (QED) is 0.146. The van der Waals surface area contributed by atoms with Crippen molar-refractivity contribution in [1.82, 2.24) is 9.55 Å². The van der Waals surface area contributed by atoms with Crippen molar-refractivity contribution in [1.29, 1.82) is 0 Å². The molecule has 0 amide bonds. The number of hydrogen-bond donors (Lipinski definition) is 1. The number of carbonyl (C=O) groups is 1. The highest BCUT2D eigenvalue weighted by Crippen LogP contribution is 2.44. The molecule has 1 aromatic heterocycles. The summed E-state index contributed by atoms with van der Waals surface area (Å²) in [4.78, 5) is 39.4. The van der Waals surface area contributed by atoms with Crippen molar-refractivity contribution in [2.45, 2.75) is 63.4 Å². The summed E-state index contributed by atoms with van der Waals surface area (Å²) in [7, 11) is -3.15. The molecule has 4 atom stereocenters. The summed E-state index contributed by atoms with van der Waals surface area (Å²) in [5.74, 6) is -1.89. The van der Waals surface area contributed by atoms with Crippen LogP contribution in [0.1, 0.15) is 39.5 Å². The van der Waals surface area contributed by atoms with Gasteiger partial charge in [-0.05, 0) is 21.0 Å². The third kappa shape index (κ3) is 6.70. The Hall–Kier alpha value is -4.42. The van der Waals surface area contributed by atoms with Gasteiger partial charge in [0, 0.05) is 6.92 Å². The average molecular weight is 659 g/mol. The van der Waals surface area contributed by atoms with Crippen molar-refractivity contribution in [2.24, 2.45) is 0 Å². The van der Waals surface area contributed by atoms with Gasteiger partial charge in [0.2, 0.25) is 5.82 Å². The number of benzene rings is 3. The molecule has 246 valence electrons. The fourth-order valence-electron chi connectivity index (χ4n) is 6.28. The summed E-state index contributed by atoms with van der Waals surface area (Å²) in [6.07, 6.45) is -1.49. The topological polar surface area (TPSA) is 109 Å². The molecular formula is C36H39FN2O7Si. The van der Waals surface area contributed by atoms with Gasteiger partial charge in [0.25, 0.3) is 13.9 Å².